The molecule has 174 valence electrons. The van der Waals surface area contributed by atoms with E-state index >= 15 is 0 Å². The normalized spacial score (nSPS) is 29.2. The molecular weight excluding hydrogens is 376 g/mol. The first kappa shape index (κ1) is 25.2. The molecule has 0 aromatic heterocycles. The van der Waals surface area contributed by atoms with Crippen LogP contribution in [-0.2, 0) is 19.1 Å². The van der Waals surface area contributed by atoms with Gasteiger partial charge in [0.25, 0.3) is 0 Å². The molecule has 4 nitrogen and oxygen atoms in total. The van der Waals surface area contributed by atoms with Gasteiger partial charge in [0.2, 0.25) is 0 Å². The molecule has 0 aromatic rings. The molecule has 0 aromatic carbocycles. The van der Waals surface area contributed by atoms with Crippen LogP contribution in [0.3, 0.4) is 0 Å². The van der Waals surface area contributed by atoms with Crippen molar-refractivity contribution in [2.24, 2.45) is 40.4 Å². The van der Waals surface area contributed by atoms with Gasteiger partial charge in [-0.2, -0.15) is 0 Å². The van der Waals surface area contributed by atoms with Crippen molar-refractivity contribution in [2.45, 2.75) is 99.8 Å². The highest BCUT2D eigenvalue weighted by Gasteiger charge is 2.35. The zero-order valence-corrected chi connectivity index (χ0v) is 20.6. The van der Waals surface area contributed by atoms with E-state index in [-0.39, 0.29) is 40.5 Å². The number of hydrogen-bond acceptors (Lipinski definition) is 4. The van der Waals surface area contributed by atoms with Crippen LogP contribution < -0.4 is 0 Å². The lowest BCUT2D eigenvalue weighted by atomic mass is 9.69. The number of carbonyl (C=O) groups excluding carboxylic acids is 2. The van der Waals surface area contributed by atoms with Crippen LogP contribution in [0.5, 0.6) is 0 Å². The summed E-state index contributed by atoms with van der Waals surface area (Å²) >= 11 is 0. The maximum atomic E-state index is 12.6. The van der Waals surface area contributed by atoms with Crippen LogP contribution in [0.25, 0.3) is 0 Å². The van der Waals surface area contributed by atoms with Crippen molar-refractivity contribution in [1.29, 1.82) is 0 Å². The van der Waals surface area contributed by atoms with Gasteiger partial charge in [-0.25, -0.2) is 0 Å². The lowest BCUT2D eigenvalue weighted by Crippen LogP contribution is -2.33. The lowest BCUT2D eigenvalue weighted by Gasteiger charge is -2.37. The third kappa shape index (κ3) is 7.57. The summed E-state index contributed by atoms with van der Waals surface area (Å²) in [5, 5.41) is 0. The van der Waals surface area contributed by atoms with Crippen molar-refractivity contribution in [1.82, 2.24) is 0 Å². The summed E-state index contributed by atoms with van der Waals surface area (Å²) in [7, 11) is 0. The Bertz CT molecular complexity index is 519. The van der Waals surface area contributed by atoms with Crippen LogP contribution in [0.2, 0.25) is 0 Å². The number of rotatable bonds is 6. The van der Waals surface area contributed by atoms with Crippen LogP contribution >= 0.6 is 0 Å². The van der Waals surface area contributed by atoms with E-state index in [0.29, 0.717) is 25.0 Å². The highest BCUT2D eigenvalue weighted by atomic mass is 16.5. The predicted octanol–water partition coefficient (Wildman–Crippen LogP) is 6.41. The smallest absolute Gasteiger partial charge is 0.308 e. The molecule has 0 saturated heterocycles. The second kappa shape index (κ2) is 10.5. The summed E-state index contributed by atoms with van der Waals surface area (Å²) in [6.07, 6.45) is 8.35. The Hall–Kier alpha value is -1.06. The van der Waals surface area contributed by atoms with E-state index in [0.717, 1.165) is 38.5 Å². The maximum Gasteiger partial charge on any atom is 0.308 e. The monoisotopic (exact) mass is 422 g/mol. The van der Waals surface area contributed by atoms with Gasteiger partial charge < -0.3 is 9.47 Å². The molecule has 0 aliphatic heterocycles. The fourth-order valence-electron chi connectivity index (χ4n) is 5.11. The van der Waals surface area contributed by atoms with Gasteiger partial charge in [0, 0.05) is 5.92 Å². The number of esters is 2. The molecule has 0 heterocycles. The predicted molar refractivity (Wildman–Crippen MR) is 121 cm³/mol. The summed E-state index contributed by atoms with van der Waals surface area (Å²) in [5.41, 5.74) is 0.483. The molecule has 2 saturated carbocycles. The van der Waals surface area contributed by atoms with E-state index < -0.39 is 0 Å². The molecule has 4 unspecified atom stereocenters. The van der Waals surface area contributed by atoms with E-state index in [4.69, 9.17) is 9.47 Å². The quantitative estimate of drug-likeness (QED) is 0.464. The first-order chi connectivity index (χ1) is 13.9. The molecule has 4 atom stereocenters. The fraction of sp³-hybridized carbons (Fsp3) is 0.923. The summed E-state index contributed by atoms with van der Waals surface area (Å²) < 4.78 is 11.2. The number of hydrogen-bond donors (Lipinski definition) is 0. The van der Waals surface area contributed by atoms with Gasteiger partial charge >= 0.3 is 11.9 Å². The van der Waals surface area contributed by atoms with Crippen molar-refractivity contribution in [2.75, 3.05) is 13.2 Å². The molecule has 2 aliphatic carbocycles. The van der Waals surface area contributed by atoms with Crippen LogP contribution in [0.4, 0.5) is 0 Å². The summed E-state index contributed by atoms with van der Waals surface area (Å²) in [4.78, 5) is 25.1. The van der Waals surface area contributed by atoms with Crippen LogP contribution in [0, 0.1) is 40.4 Å². The average molecular weight is 423 g/mol. The summed E-state index contributed by atoms with van der Waals surface area (Å²) in [6, 6.07) is 0. The molecule has 0 bridgehead atoms. The first-order valence-corrected chi connectivity index (χ1v) is 12.2. The molecular formula is C26H46O4. The first-order valence-electron chi connectivity index (χ1n) is 12.2. The minimum Gasteiger partial charge on any atom is -0.465 e. The fourth-order valence-corrected chi connectivity index (χ4v) is 5.11. The van der Waals surface area contributed by atoms with Crippen LogP contribution in [0.15, 0.2) is 0 Å². The largest absolute Gasteiger partial charge is 0.465 e. The average Bonchev–Trinajstić information content (AvgIpc) is 2.69. The molecule has 4 heteroatoms. The topological polar surface area (TPSA) is 52.6 Å². The van der Waals surface area contributed by atoms with Crippen molar-refractivity contribution in [3.63, 3.8) is 0 Å². The van der Waals surface area contributed by atoms with Gasteiger partial charge in [-0.1, -0.05) is 61.3 Å². The van der Waals surface area contributed by atoms with Crippen molar-refractivity contribution >= 4 is 11.9 Å². The number of ether oxygens (including phenoxy) is 2. The Labute approximate surface area is 184 Å². The van der Waals surface area contributed by atoms with Gasteiger partial charge in [0.1, 0.15) is 0 Å². The van der Waals surface area contributed by atoms with Crippen molar-refractivity contribution in [3.05, 3.63) is 0 Å². The molecule has 0 spiro atoms. The molecule has 2 rings (SSSR count). The second-order valence-corrected chi connectivity index (χ2v) is 12.2. The van der Waals surface area contributed by atoms with Crippen LogP contribution in [-0.4, -0.2) is 25.2 Å². The van der Waals surface area contributed by atoms with Gasteiger partial charge in [0.05, 0.1) is 25.0 Å². The van der Waals surface area contributed by atoms with Gasteiger partial charge in [-0.3, -0.25) is 9.59 Å². The minimum atomic E-state index is -0.0672. The Morgan fingerprint density at radius 1 is 0.733 bits per heavy atom. The van der Waals surface area contributed by atoms with E-state index in [1.165, 1.54) is 12.8 Å². The lowest BCUT2D eigenvalue weighted by molar-refractivity contribution is -0.156. The molecule has 0 N–H and O–H groups in total. The van der Waals surface area contributed by atoms with E-state index in [9.17, 15) is 9.59 Å². The zero-order chi connectivity index (χ0) is 22.5. The zero-order valence-electron chi connectivity index (χ0n) is 20.6. The van der Waals surface area contributed by atoms with E-state index in [1.54, 1.807) is 0 Å². The standard InChI is InChI=1S/C26H46O4/c1-18(16-29-23(27)19-10-8-12-21(14-19)25(2,3)4)17-30-24(28)20-11-9-13-22(15-20)26(5,6)7/h18-22H,8-17H2,1-7H3. The van der Waals surface area contributed by atoms with Gasteiger partial charge in [-0.15, -0.1) is 0 Å². The van der Waals surface area contributed by atoms with Crippen molar-refractivity contribution < 1.29 is 19.1 Å². The highest BCUT2D eigenvalue weighted by Crippen LogP contribution is 2.41. The minimum absolute atomic E-state index is 0.0225. The number of carbonyl (C=O) groups is 2. The maximum absolute atomic E-state index is 12.6. The Kier molecular flexibility index (Phi) is 8.82. The van der Waals surface area contributed by atoms with E-state index in [1.807, 2.05) is 6.92 Å². The van der Waals surface area contributed by atoms with E-state index in [2.05, 4.69) is 41.5 Å². The Balaban J connectivity index is 1.71. The van der Waals surface area contributed by atoms with Crippen molar-refractivity contribution in [3.8, 4) is 0 Å². The molecule has 0 radical (unpaired) electrons. The van der Waals surface area contributed by atoms with Gasteiger partial charge in [0.15, 0.2) is 0 Å². The molecule has 2 fully saturated rings. The Morgan fingerprint density at radius 2 is 1.10 bits per heavy atom. The molecule has 2 aliphatic rings. The Morgan fingerprint density at radius 3 is 1.43 bits per heavy atom. The summed E-state index contributed by atoms with van der Waals surface area (Å²) in [5.74, 6) is 1.10. The second-order valence-electron chi connectivity index (χ2n) is 12.2. The third-order valence-corrected chi connectivity index (χ3v) is 7.48. The van der Waals surface area contributed by atoms with Gasteiger partial charge in [-0.05, 0) is 61.2 Å². The molecule has 0 amide bonds. The highest BCUT2D eigenvalue weighted by molar-refractivity contribution is 5.73. The SMILES string of the molecule is CC(COC(=O)C1CCCC(C(C)(C)C)C1)COC(=O)C1CCCC(C(C)(C)C)C1. The molecule has 30 heavy (non-hydrogen) atoms. The third-order valence-electron chi connectivity index (χ3n) is 7.48. The van der Waals surface area contributed by atoms with Crippen LogP contribution in [0.1, 0.15) is 99.8 Å². The summed E-state index contributed by atoms with van der Waals surface area (Å²) in [6.45, 7) is 16.2.